The minimum atomic E-state index is 0.0761. The van der Waals surface area contributed by atoms with Gasteiger partial charge in [0.2, 0.25) is 0 Å². The highest BCUT2D eigenvalue weighted by Gasteiger charge is 2.28. The fraction of sp³-hybridized carbons (Fsp3) is 0.333. The van der Waals surface area contributed by atoms with Crippen LogP contribution in [0.2, 0.25) is 0 Å². The molecule has 0 aromatic heterocycles. The van der Waals surface area contributed by atoms with Crippen molar-refractivity contribution in [3.05, 3.63) is 106 Å². The van der Waals surface area contributed by atoms with Crippen molar-refractivity contribution in [2.24, 2.45) is 0 Å². The Balaban J connectivity index is 1.84. The van der Waals surface area contributed by atoms with E-state index in [2.05, 4.69) is 128 Å². The normalized spacial score (nSPS) is 13.3. The van der Waals surface area contributed by atoms with Crippen LogP contribution in [0.1, 0.15) is 74.9 Å². The third-order valence-electron chi connectivity index (χ3n) is 8.08. The van der Waals surface area contributed by atoms with Gasteiger partial charge in [-0.25, -0.2) is 0 Å². The van der Waals surface area contributed by atoms with Gasteiger partial charge >= 0.3 is 0 Å². The Bertz CT molecular complexity index is 1440. The van der Waals surface area contributed by atoms with E-state index in [-0.39, 0.29) is 10.8 Å². The minimum Gasteiger partial charge on any atom is -0.0622 e. The number of aryl methyl sites for hydroxylation is 2. The molecule has 184 valence electrons. The first-order chi connectivity index (χ1) is 16.9. The van der Waals surface area contributed by atoms with Crippen molar-refractivity contribution < 1.29 is 0 Å². The Labute approximate surface area is 218 Å². The van der Waals surface area contributed by atoms with Crippen LogP contribution in [0, 0.1) is 13.8 Å². The Kier molecular flexibility index (Phi) is 5.98. The lowest BCUT2D eigenvalue weighted by atomic mass is 9.73. The minimum absolute atomic E-state index is 0.0761. The van der Waals surface area contributed by atoms with Crippen LogP contribution in [0.5, 0.6) is 0 Å². The third kappa shape index (κ3) is 4.32. The van der Waals surface area contributed by atoms with Gasteiger partial charge in [-0.3, -0.25) is 0 Å². The molecular weight excluding hydrogens is 432 g/mol. The van der Waals surface area contributed by atoms with E-state index in [1.54, 1.807) is 0 Å². The maximum atomic E-state index is 2.52. The first kappa shape index (κ1) is 24.6. The lowest BCUT2D eigenvalue weighted by molar-refractivity contribution is 0.589. The molecule has 1 aliphatic carbocycles. The summed E-state index contributed by atoms with van der Waals surface area (Å²) >= 11 is 0. The maximum absolute atomic E-state index is 2.52. The molecule has 4 aromatic rings. The van der Waals surface area contributed by atoms with Crippen molar-refractivity contribution in [3.63, 3.8) is 0 Å². The first-order valence-corrected chi connectivity index (χ1v) is 13.4. The fourth-order valence-electron chi connectivity index (χ4n) is 5.74. The Morgan fingerprint density at radius 1 is 0.556 bits per heavy atom. The maximum Gasteiger partial charge on any atom is -0.0126 e. The van der Waals surface area contributed by atoms with E-state index in [1.165, 1.54) is 66.8 Å². The number of hydrogen-bond donors (Lipinski definition) is 0. The number of benzene rings is 4. The van der Waals surface area contributed by atoms with Crippen molar-refractivity contribution in [1.29, 1.82) is 0 Å². The van der Waals surface area contributed by atoms with Gasteiger partial charge in [0.25, 0.3) is 0 Å². The zero-order valence-corrected chi connectivity index (χ0v) is 23.3. The summed E-state index contributed by atoms with van der Waals surface area (Å²) in [7, 11) is 0. The lowest BCUT2D eigenvalue weighted by Crippen LogP contribution is -2.17. The van der Waals surface area contributed by atoms with E-state index in [9.17, 15) is 0 Å². The van der Waals surface area contributed by atoms with Crippen LogP contribution >= 0.6 is 0 Å². The zero-order valence-electron chi connectivity index (χ0n) is 23.3. The molecule has 4 aromatic carbocycles. The van der Waals surface area contributed by atoms with Crippen molar-refractivity contribution in [2.45, 2.75) is 79.1 Å². The molecule has 0 amide bonds. The molecule has 0 bridgehead atoms. The first-order valence-electron chi connectivity index (χ1n) is 13.4. The second-order valence-corrected chi connectivity index (χ2v) is 12.7. The molecule has 0 aliphatic heterocycles. The van der Waals surface area contributed by atoms with Gasteiger partial charge in [-0.15, -0.1) is 0 Å². The van der Waals surface area contributed by atoms with E-state index >= 15 is 0 Å². The summed E-state index contributed by atoms with van der Waals surface area (Å²) in [6.45, 7) is 18.5. The molecule has 0 N–H and O–H groups in total. The third-order valence-corrected chi connectivity index (χ3v) is 8.08. The Hall–Kier alpha value is -3.12. The van der Waals surface area contributed by atoms with E-state index < -0.39 is 0 Å². The standard InChI is InChI=1S/C36H40/c1-23-13-12-16-28(24(23)2)32-20-27(35(3,4)5)21-33-29(32)18-17-26-19-34(36(6,7)8)31(22-30(26)33)25-14-10-9-11-15-25/h9-16,19-22H,17-18H2,1-8H3. The van der Waals surface area contributed by atoms with Gasteiger partial charge in [-0.2, -0.15) is 0 Å². The predicted octanol–water partition coefficient (Wildman–Crippen LogP) is 10.00. The van der Waals surface area contributed by atoms with Crippen LogP contribution in [0.3, 0.4) is 0 Å². The van der Waals surface area contributed by atoms with Gasteiger partial charge in [-0.05, 0) is 110 Å². The molecule has 0 heteroatoms. The topological polar surface area (TPSA) is 0 Å². The molecular formula is C36H40. The zero-order chi connectivity index (χ0) is 25.8. The Morgan fingerprint density at radius 2 is 1.22 bits per heavy atom. The second kappa shape index (κ2) is 8.77. The molecule has 0 nitrogen and oxygen atoms in total. The summed E-state index contributed by atoms with van der Waals surface area (Å²) < 4.78 is 0. The Morgan fingerprint density at radius 3 is 1.86 bits per heavy atom. The predicted molar refractivity (Wildman–Crippen MR) is 157 cm³/mol. The van der Waals surface area contributed by atoms with Crippen molar-refractivity contribution >= 4 is 0 Å². The monoisotopic (exact) mass is 472 g/mol. The molecule has 0 saturated carbocycles. The number of rotatable bonds is 2. The van der Waals surface area contributed by atoms with Crippen LogP contribution in [-0.4, -0.2) is 0 Å². The summed E-state index contributed by atoms with van der Waals surface area (Å²) in [6, 6.07) is 27.7. The van der Waals surface area contributed by atoms with E-state index in [0.29, 0.717) is 0 Å². The highest BCUT2D eigenvalue weighted by atomic mass is 14.3. The van der Waals surface area contributed by atoms with Crippen molar-refractivity contribution in [2.75, 3.05) is 0 Å². The van der Waals surface area contributed by atoms with Gasteiger partial charge in [0.15, 0.2) is 0 Å². The molecule has 0 radical (unpaired) electrons. The summed E-state index contributed by atoms with van der Waals surface area (Å²) in [6.07, 6.45) is 2.18. The van der Waals surface area contributed by atoms with Crippen LogP contribution in [0.15, 0.2) is 72.8 Å². The molecule has 0 fully saturated rings. The second-order valence-electron chi connectivity index (χ2n) is 12.7. The van der Waals surface area contributed by atoms with Crippen molar-refractivity contribution in [3.8, 4) is 33.4 Å². The van der Waals surface area contributed by atoms with Crippen LogP contribution < -0.4 is 0 Å². The molecule has 5 rings (SSSR count). The summed E-state index contributed by atoms with van der Waals surface area (Å²) in [5.74, 6) is 0. The number of hydrogen-bond acceptors (Lipinski definition) is 0. The quantitative estimate of drug-likeness (QED) is 0.272. The molecule has 36 heavy (non-hydrogen) atoms. The van der Waals surface area contributed by atoms with Crippen LogP contribution in [0.4, 0.5) is 0 Å². The van der Waals surface area contributed by atoms with Crippen molar-refractivity contribution in [1.82, 2.24) is 0 Å². The molecule has 0 unspecified atom stereocenters. The summed E-state index contributed by atoms with van der Waals surface area (Å²) in [4.78, 5) is 0. The molecule has 0 atom stereocenters. The highest BCUT2D eigenvalue weighted by molar-refractivity contribution is 5.87. The fourth-order valence-corrected chi connectivity index (χ4v) is 5.74. The van der Waals surface area contributed by atoms with Crippen LogP contribution in [-0.2, 0) is 23.7 Å². The van der Waals surface area contributed by atoms with E-state index in [1.807, 2.05) is 0 Å². The van der Waals surface area contributed by atoms with Gasteiger partial charge in [0.1, 0.15) is 0 Å². The van der Waals surface area contributed by atoms with E-state index in [4.69, 9.17) is 0 Å². The van der Waals surface area contributed by atoms with E-state index in [0.717, 1.165) is 12.8 Å². The smallest absolute Gasteiger partial charge is 0.0126 e. The van der Waals surface area contributed by atoms with Gasteiger partial charge in [0, 0.05) is 0 Å². The molecule has 0 spiro atoms. The largest absolute Gasteiger partial charge is 0.0622 e. The molecule has 0 heterocycles. The van der Waals surface area contributed by atoms with Crippen LogP contribution in [0.25, 0.3) is 33.4 Å². The lowest BCUT2D eigenvalue weighted by Gasteiger charge is -2.31. The SMILES string of the molecule is Cc1cccc(-c2cc(C(C)(C)C)cc3c2CCc2cc(C(C)(C)C)c(-c4ccccc4)cc2-3)c1C. The average Bonchev–Trinajstić information content (AvgIpc) is 2.83. The van der Waals surface area contributed by atoms with Gasteiger partial charge < -0.3 is 0 Å². The summed E-state index contributed by atoms with van der Waals surface area (Å²) in [5.41, 5.74) is 17.1. The number of fused-ring (bicyclic) bond motifs is 3. The van der Waals surface area contributed by atoms with Gasteiger partial charge in [-0.1, -0.05) is 108 Å². The average molecular weight is 473 g/mol. The highest BCUT2D eigenvalue weighted by Crippen LogP contribution is 2.46. The molecule has 1 aliphatic rings. The van der Waals surface area contributed by atoms with Gasteiger partial charge in [0.05, 0.1) is 0 Å². The summed E-state index contributed by atoms with van der Waals surface area (Å²) in [5, 5.41) is 0. The molecule has 0 saturated heterocycles.